The average Bonchev–Trinajstić information content (AvgIpc) is 2.99. The molecule has 0 fully saturated rings. The Morgan fingerprint density at radius 1 is 1.20 bits per heavy atom. The van der Waals surface area contributed by atoms with Gasteiger partial charge in [0.2, 0.25) is 5.91 Å². The van der Waals surface area contributed by atoms with Crippen LogP contribution >= 0.6 is 0 Å². The van der Waals surface area contributed by atoms with E-state index in [0.717, 1.165) is 11.3 Å². The first-order chi connectivity index (χ1) is 9.78. The van der Waals surface area contributed by atoms with Crippen LogP contribution in [-0.4, -0.2) is 23.7 Å². The molecule has 1 amide bonds. The van der Waals surface area contributed by atoms with Crippen molar-refractivity contribution >= 4 is 5.91 Å². The Balaban J connectivity index is 1.79. The van der Waals surface area contributed by atoms with Crippen molar-refractivity contribution in [3.63, 3.8) is 0 Å². The van der Waals surface area contributed by atoms with Crippen LogP contribution in [0, 0.1) is 0 Å². The molecule has 1 heterocycles. The van der Waals surface area contributed by atoms with Crippen LogP contribution in [0.1, 0.15) is 17.7 Å². The molecule has 1 aromatic carbocycles. The molecule has 2 N–H and O–H groups in total. The summed E-state index contributed by atoms with van der Waals surface area (Å²) in [5.74, 6) is 0.722. The molecule has 0 aliphatic rings. The van der Waals surface area contributed by atoms with Crippen LogP contribution in [0.3, 0.4) is 0 Å². The summed E-state index contributed by atoms with van der Waals surface area (Å²) in [7, 11) is 0. The molecule has 0 radical (unpaired) electrons. The number of amides is 1. The van der Waals surface area contributed by atoms with Gasteiger partial charge < -0.3 is 14.8 Å². The maximum Gasteiger partial charge on any atom is 0.220 e. The number of hydrogen-bond donors (Lipinski definition) is 2. The van der Waals surface area contributed by atoms with Crippen molar-refractivity contribution in [2.75, 3.05) is 6.61 Å². The van der Waals surface area contributed by atoms with Crippen molar-refractivity contribution < 1.29 is 14.3 Å². The molecule has 0 saturated carbocycles. The Bertz CT molecular complexity index is 508. The van der Waals surface area contributed by atoms with E-state index in [4.69, 9.17) is 4.42 Å². The quantitative estimate of drug-likeness (QED) is 0.810. The van der Waals surface area contributed by atoms with Gasteiger partial charge >= 0.3 is 0 Å². The van der Waals surface area contributed by atoms with Gasteiger partial charge in [-0.25, -0.2) is 0 Å². The van der Waals surface area contributed by atoms with Gasteiger partial charge in [-0.05, 0) is 24.1 Å². The Morgan fingerprint density at radius 3 is 2.65 bits per heavy atom. The van der Waals surface area contributed by atoms with E-state index in [1.54, 1.807) is 12.3 Å². The monoisotopic (exact) mass is 273 g/mol. The zero-order valence-electron chi connectivity index (χ0n) is 11.3. The SMILES string of the molecule is O=C(CCc1ccco1)N[C@H](CO)Cc1ccccc1. The van der Waals surface area contributed by atoms with E-state index in [9.17, 15) is 9.90 Å². The predicted octanol–water partition coefficient (Wildman–Crippen LogP) is 1.93. The summed E-state index contributed by atoms with van der Waals surface area (Å²) in [6.07, 6.45) is 3.16. The molecule has 2 rings (SSSR count). The number of nitrogens with one attached hydrogen (secondary N) is 1. The van der Waals surface area contributed by atoms with Crippen LogP contribution < -0.4 is 5.32 Å². The maximum atomic E-state index is 11.8. The highest BCUT2D eigenvalue weighted by molar-refractivity contribution is 5.76. The summed E-state index contributed by atoms with van der Waals surface area (Å²) in [4.78, 5) is 11.8. The van der Waals surface area contributed by atoms with Crippen LogP contribution in [0.2, 0.25) is 0 Å². The zero-order valence-corrected chi connectivity index (χ0v) is 11.3. The van der Waals surface area contributed by atoms with Gasteiger partial charge in [-0.15, -0.1) is 0 Å². The van der Waals surface area contributed by atoms with E-state index in [-0.39, 0.29) is 18.6 Å². The summed E-state index contributed by atoms with van der Waals surface area (Å²) < 4.78 is 5.18. The molecule has 0 unspecified atom stereocenters. The number of aliphatic hydroxyl groups is 1. The lowest BCUT2D eigenvalue weighted by Crippen LogP contribution is -2.39. The van der Waals surface area contributed by atoms with Crippen molar-refractivity contribution in [2.45, 2.75) is 25.3 Å². The first kappa shape index (κ1) is 14.3. The van der Waals surface area contributed by atoms with Gasteiger partial charge in [0.05, 0.1) is 18.9 Å². The minimum Gasteiger partial charge on any atom is -0.469 e. The minimum absolute atomic E-state index is 0.0681. The normalized spacial score (nSPS) is 12.1. The van der Waals surface area contributed by atoms with Crippen LogP contribution in [0.4, 0.5) is 0 Å². The number of furan rings is 1. The fraction of sp³-hybridized carbons (Fsp3) is 0.312. The standard InChI is InChI=1S/C16H19NO3/c18-12-14(11-13-5-2-1-3-6-13)17-16(19)9-8-15-7-4-10-20-15/h1-7,10,14,18H,8-9,11-12H2,(H,17,19)/t14-/m0/s1. The molecular formula is C16H19NO3. The number of carbonyl (C=O) groups excluding carboxylic acids is 1. The number of hydrogen-bond acceptors (Lipinski definition) is 3. The summed E-state index contributed by atoms with van der Waals surface area (Å²) >= 11 is 0. The molecule has 0 spiro atoms. The molecule has 0 saturated heterocycles. The first-order valence-corrected chi connectivity index (χ1v) is 6.74. The Hall–Kier alpha value is -2.07. The molecule has 0 aliphatic carbocycles. The van der Waals surface area contributed by atoms with Crippen LogP contribution in [-0.2, 0) is 17.6 Å². The molecular weight excluding hydrogens is 254 g/mol. The van der Waals surface area contributed by atoms with E-state index < -0.39 is 0 Å². The molecule has 4 nitrogen and oxygen atoms in total. The zero-order chi connectivity index (χ0) is 14.2. The lowest BCUT2D eigenvalue weighted by molar-refractivity contribution is -0.122. The molecule has 4 heteroatoms. The van der Waals surface area contributed by atoms with Crippen LogP contribution in [0.15, 0.2) is 53.1 Å². The number of benzene rings is 1. The Morgan fingerprint density at radius 2 is 2.00 bits per heavy atom. The van der Waals surface area contributed by atoms with Gasteiger partial charge in [0, 0.05) is 12.8 Å². The number of aliphatic hydroxyl groups excluding tert-OH is 1. The Kier molecular flexibility index (Phi) is 5.38. The van der Waals surface area contributed by atoms with E-state index in [1.165, 1.54) is 0 Å². The first-order valence-electron chi connectivity index (χ1n) is 6.74. The number of rotatable bonds is 7. The lowest BCUT2D eigenvalue weighted by atomic mass is 10.1. The smallest absolute Gasteiger partial charge is 0.220 e. The fourth-order valence-corrected chi connectivity index (χ4v) is 2.05. The molecule has 106 valence electrons. The van der Waals surface area contributed by atoms with Gasteiger partial charge in [0.15, 0.2) is 0 Å². The highest BCUT2D eigenvalue weighted by atomic mass is 16.3. The molecule has 0 bridgehead atoms. The van der Waals surface area contributed by atoms with Crippen molar-refractivity contribution in [3.05, 3.63) is 60.1 Å². The number of carbonyl (C=O) groups is 1. The van der Waals surface area contributed by atoms with Crippen molar-refractivity contribution in [3.8, 4) is 0 Å². The van der Waals surface area contributed by atoms with Gasteiger partial charge in [-0.2, -0.15) is 0 Å². The topological polar surface area (TPSA) is 62.5 Å². The summed E-state index contributed by atoms with van der Waals surface area (Å²) in [5.41, 5.74) is 1.10. The fourth-order valence-electron chi connectivity index (χ4n) is 2.05. The average molecular weight is 273 g/mol. The van der Waals surface area contributed by atoms with Gasteiger partial charge in [-0.3, -0.25) is 4.79 Å². The second-order valence-electron chi connectivity index (χ2n) is 4.72. The largest absolute Gasteiger partial charge is 0.469 e. The molecule has 2 aromatic rings. The maximum absolute atomic E-state index is 11.8. The van der Waals surface area contributed by atoms with Crippen molar-refractivity contribution in [1.29, 1.82) is 0 Å². The van der Waals surface area contributed by atoms with E-state index in [2.05, 4.69) is 5.32 Å². The van der Waals surface area contributed by atoms with Gasteiger partial charge in [0.1, 0.15) is 5.76 Å². The van der Waals surface area contributed by atoms with Gasteiger partial charge in [-0.1, -0.05) is 30.3 Å². The summed E-state index contributed by atoms with van der Waals surface area (Å²) in [5, 5.41) is 12.2. The highest BCUT2D eigenvalue weighted by Gasteiger charge is 2.12. The predicted molar refractivity (Wildman–Crippen MR) is 76.2 cm³/mol. The van der Waals surface area contributed by atoms with E-state index in [0.29, 0.717) is 19.3 Å². The van der Waals surface area contributed by atoms with Crippen molar-refractivity contribution in [2.24, 2.45) is 0 Å². The molecule has 1 atom stereocenters. The summed E-state index contributed by atoms with van der Waals surface area (Å²) in [6, 6.07) is 13.2. The second-order valence-corrected chi connectivity index (χ2v) is 4.72. The van der Waals surface area contributed by atoms with Crippen molar-refractivity contribution in [1.82, 2.24) is 5.32 Å². The van der Waals surface area contributed by atoms with E-state index in [1.807, 2.05) is 36.4 Å². The van der Waals surface area contributed by atoms with E-state index >= 15 is 0 Å². The lowest BCUT2D eigenvalue weighted by Gasteiger charge is -2.16. The third-order valence-electron chi connectivity index (χ3n) is 3.09. The highest BCUT2D eigenvalue weighted by Crippen LogP contribution is 2.05. The van der Waals surface area contributed by atoms with Gasteiger partial charge in [0.25, 0.3) is 0 Å². The Labute approximate surface area is 118 Å². The number of aryl methyl sites for hydroxylation is 1. The third-order valence-corrected chi connectivity index (χ3v) is 3.09. The minimum atomic E-state index is -0.249. The molecule has 20 heavy (non-hydrogen) atoms. The van der Waals surface area contributed by atoms with Crippen LogP contribution in [0.25, 0.3) is 0 Å². The molecule has 0 aliphatic heterocycles. The second kappa shape index (κ2) is 7.50. The van der Waals surface area contributed by atoms with Crippen LogP contribution in [0.5, 0.6) is 0 Å². The molecule has 1 aromatic heterocycles. The third kappa shape index (κ3) is 4.55. The summed E-state index contributed by atoms with van der Waals surface area (Å²) in [6.45, 7) is -0.0681.